The Balaban J connectivity index is 3.19. The van der Waals surface area contributed by atoms with Crippen molar-refractivity contribution >= 4 is 11.7 Å². The van der Waals surface area contributed by atoms with Crippen LogP contribution in [0.1, 0.15) is 23.7 Å². The second kappa shape index (κ2) is 4.71. The molecule has 1 atom stereocenters. The van der Waals surface area contributed by atoms with Gasteiger partial charge in [0.25, 0.3) is 5.69 Å². The number of hydrogen-bond donors (Lipinski definition) is 2. The van der Waals surface area contributed by atoms with Gasteiger partial charge in [0.15, 0.2) is 0 Å². The molecule has 1 rings (SSSR count). The molecule has 0 heterocycles. The minimum Gasteiger partial charge on any atom is -0.481 e. The van der Waals surface area contributed by atoms with Crippen molar-refractivity contribution in [2.24, 2.45) is 0 Å². The number of benzene rings is 1. The molecule has 0 aliphatic rings. The summed E-state index contributed by atoms with van der Waals surface area (Å²) in [5.74, 6) is -1.20. The number of aliphatic hydroxyl groups excluding tert-OH is 1. The Kier molecular flexibility index (Phi) is 3.57. The largest absolute Gasteiger partial charge is 0.481 e. The van der Waals surface area contributed by atoms with Gasteiger partial charge in [-0.05, 0) is 12.5 Å². The molecule has 16 heavy (non-hydrogen) atoms. The second-order valence-electron chi connectivity index (χ2n) is 3.38. The van der Waals surface area contributed by atoms with Crippen LogP contribution in [0.4, 0.5) is 5.69 Å². The lowest BCUT2D eigenvalue weighted by atomic mass is 9.99. The molecule has 0 aliphatic carbocycles. The smallest absolute Gasteiger partial charge is 0.306 e. The van der Waals surface area contributed by atoms with Crippen LogP contribution in [0.3, 0.4) is 0 Å². The fourth-order valence-corrected chi connectivity index (χ4v) is 1.53. The highest BCUT2D eigenvalue weighted by molar-refractivity contribution is 5.68. The topological polar surface area (TPSA) is 101 Å². The maximum Gasteiger partial charge on any atom is 0.306 e. The van der Waals surface area contributed by atoms with Gasteiger partial charge in [-0.1, -0.05) is 12.1 Å². The van der Waals surface area contributed by atoms with Crippen LogP contribution in [0, 0.1) is 17.0 Å². The molecule has 0 spiro atoms. The number of carboxylic acids is 1. The van der Waals surface area contributed by atoms with Crippen molar-refractivity contribution < 1.29 is 19.9 Å². The van der Waals surface area contributed by atoms with Crippen LogP contribution in [0.25, 0.3) is 0 Å². The zero-order valence-corrected chi connectivity index (χ0v) is 8.58. The molecule has 0 saturated heterocycles. The van der Waals surface area contributed by atoms with Crippen molar-refractivity contribution in [3.8, 4) is 0 Å². The third kappa shape index (κ3) is 2.54. The lowest BCUT2D eigenvalue weighted by molar-refractivity contribution is -0.386. The first-order valence-corrected chi connectivity index (χ1v) is 4.57. The zero-order valence-electron chi connectivity index (χ0n) is 8.58. The van der Waals surface area contributed by atoms with E-state index in [1.165, 1.54) is 12.1 Å². The summed E-state index contributed by atoms with van der Waals surface area (Å²) in [5.41, 5.74) is 0.312. The van der Waals surface area contributed by atoms with Crippen LogP contribution in [-0.2, 0) is 4.79 Å². The van der Waals surface area contributed by atoms with Crippen molar-refractivity contribution in [2.45, 2.75) is 19.4 Å². The van der Waals surface area contributed by atoms with Crippen LogP contribution in [0.15, 0.2) is 18.2 Å². The van der Waals surface area contributed by atoms with E-state index in [1.54, 1.807) is 13.0 Å². The third-order valence-electron chi connectivity index (χ3n) is 2.20. The van der Waals surface area contributed by atoms with Gasteiger partial charge in [-0.3, -0.25) is 14.9 Å². The number of aliphatic hydroxyl groups is 1. The molecular weight excluding hydrogens is 214 g/mol. The number of aliphatic carboxylic acids is 1. The first-order valence-electron chi connectivity index (χ1n) is 4.57. The minimum absolute atomic E-state index is 0.0647. The van der Waals surface area contributed by atoms with E-state index in [4.69, 9.17) is 5.11 Å². The van der Waals surface area contributed by atoms with Gasteiger partial charge < -0.3 is 10.2 Å². The molecule has 86 valence electrons. The summed E-state index contributed by atoms with van der Waals surface area (Å²) in [6.07, 6.45) is -1.91. The average Bonchev–Trinajstić information content (AvgIpc) is 2.15. The van der Waals surface area contributed by atoms with Crippen molar-refractivity contribution in [3.05, 3.63) is 39.4 Å². The number of carboxylic acid groups (broad SMARTS) is 1. The number of nitro groups is 1. The fourth-order valence-electron chi connectivity index (χ4n) is 1.53. The quantitative estimate of drug-likeness (QED) is 0.596. The van der Waals surface area contributed by atoms with Gasteiger partial charge in [-0.15, -0.1) is 0 Å². The lowest BCUT2D eigenvalue weighted by Crippen LogP contribution is -2.09. The normalized spacial score (nSPS) is 12.1. The highest BCUT2D eigenvalue weighted by Gasteiger charge is 2.23. The summed E-state index contributed by atoms with van der Waals surface area (Å²) in [7, 11) is 0. The average molecular weight is 225 g/mol. The van der Waals surface area contributed by atoms with E-state index < -0.39 is 23.4 Å². The first kappa shape index (κ1) is 12.1. The zero-order chi connectivity index (χ0) is 12.3. The second-order valence-corrected chi connectivity index (χ2v) is 3.38. The molecule has 0 fully saturated rings. The molecule has 0 radical (unpaired) electrons. The standard InChI is InChI=1S/C10H11NO5/c1-6-3-2-4-7(11(15)16)10(6)8(12)5-9(13)14/h2-4,8,12H,5H2,1H3,(H,13,14)/t8-/m0/s1. The van der Waals surface area contributed by atoms with Crippen molar-refractivity contribution in [2.75, 3.05) is 0 Å². The molecule has 0 amide bonds. The highest BCUT2D eigenvalue weighted by atomic mass is 16.6. The van der Waals surface area contributed by atoms with Crippen LogP contribution in [0.5, 0.6) is 0 Å². The molecule has 1 aromatic carbocycles. The number of hydrogen-bond acceptors (Lipinski definition) is 4. The summed E-state index contributed by atoms with van der Waals surface area (Å²) >= 11 is 0. The summed E-state index contributed by atoms with van der Waals surface area (Å²) in [5, 5.41) is 28.9. The number of nitrogens with zero attached hydrogens (tertiary/aromatic N) is 1. The molecule has 0 aromatic heterocycles. The van der Waals surface area contributed by atoms with Crippen LogP contribution in [-0.4, -0.2) is 21.1 Å². The maximum absolute atomic E-state index is 10.7. The molecule has 6 heteroatoms. The van der Waals surface area contributed by atoms with Crippen LogP contribution < -0.4 is 0 Å². The van der Waals surface area contributed by atoms with Crippen molar-refractivity contribution in [3.63, 3.8) is 0 Å². The van der Waals surface area contributed by atoms with E-state index in [-0.39, 0.29) is 11.3 Å². The van der Waals surface area contributed by atoms with Crippen molar-refractivity contribution in [1.82, 2.24) is 0 Å². The van der Waals surface area contributed by atoms with Gasteiger partial charge in [0, 0.05) is 6.07 Å². The van der Waals surface area contributed by atoms with E-state index >= 15 is 0 Å². The Bertz CT molecular complexity index is 429. The minimum atomic E-state index is -1.36. The predicted molar refractivity (Wildman–Crippen MR) is 55.0 cm³/mol. The number of nitro benzene ring substituents is 1. The maximum atomic E-state index is 10.7. The molecule has 0 unspecified atom stereocenters. The van der Waals surface area contributed by atoms with Gasteiger partial charge in [0.1, 0.15) is 0 Å². The van der Waals surface area contributed by atoms with E-state index in [0.29, 0.717) is 5.56 Å². The summed E-state index contributed by atoms with van der Waals surface area (Å²) in [4.78, 5) is 20.5. The van der Waals surface area contributed by atoms with E-state index in [2.05, 4.69) is 0 Å². The number of aryl methyl sites for hydroxylation is 1. The van der Waals surface area contributed by atoms with Crippen LogP contribution in [0.2, 0.25) is 0 Å². The first-order chi connectivity index (χ1) is 7.43. The Morgan fingerprint density at radius 3 is 2.69 bits per heavy atom. The van der Waals surface area contributed by atoms with E-state index in [9.17, 15) is 20.0 Å². The van der Waals surface area contributed by atoms with Crippen LogP contribution >= 0.6 is 0 Å². The Labute approximate surface area is 91.3 Å². The molecule has 0 bridgehead atoms. The third-order valence-corrected chi connectivity index (χ3v) is 2.20. The summed E-state index contributed by atoms with van der Waals surface area (Å²) in [6, 6.07) is 4.32. The molecule has 1 aromatic rings. The number of carbonyl (C=O) groups is 1. The van der Waals surface area contributed by atoms with Crippen molar-refractivity contribution in [1.29, 1.82) is 0 Å². The fraction of sp³-hybridized carbons (Fsp3) is 0.300. The Morgan fingerprint density at radius 1 is 1.56 bits per heavy atom. The Morgan fingerprint density at radius 2 is 2.19 bits per heavy atom. The summed E-state index contributed by atoms with van der Waals surface area (Å²) in [6.45, 7) is 1.59. The van der Waals surface area contributed by atoms with Gasteiger partial charge in [0.2, 0.25) is 0 Å². The van der Waals surface area contributed by atoms with Gasteiger partial charge >= 0.3 is 5.97 Å². The SMILES string of the molecule is Cc1cccc([N+](=O)[O-])c1[C@@H](O)CC(=O)O. The van der Waals surface area contributed by atoms with Gasteiger partial charge in [-0.25, -0.2) is 0 Å². The van der Waals surface area contributed by atoms with E-state index in [1.807, 2.05) is 0 Å². The molecule has 0 aliphatic heterocycles. The highest BCUT2D eigenvalue weighted by Crippen LogP contribution is 2.29. The lowest BCUT2D eigenvalue weighted by Gasteiger charge is -2.11. The summed E-state index contributed by atoms with van der Waals surface area (Å²) < 4.78 is 0. The Hall–Kier alpha value is -1.95. The van der Waals surface area contributed by atoms with Gasteiger partial charge in [-0.2, -0.15) is 0 Å². The van der Waals surface area contributed by atoms with Gasteiger partial charge in [0.05, 0.1) is 23.0 Å². The molecular formula is C10H11NO5. The molecule has 6 nitrogen and oxygen atoms in total. The number of rotatable bonds is 4. The predicted octanol–water partition coefficient (Wildman–Crippen LogP) is 1.41. The molecule has 0 saturated carbocycles. The van der Waals surface area contributed by atoms with E-state index in [0.717, 1.165) is 0 Å². The molecule has 2 N–H and O–H groups in total. The monoisotopic (exact) mass is 225 g/mol.